The number of aliphatic carboxylic acids is 2. The minimum Gasteiger partial charge on any atom is -0.478 e. The number of halogens is 1. The number of carboxylic acid groups (broad SMARTS) is 2. The molecule has 0 radical (unpaired) electrons. The van der Waals surface area contributed by atoms with Crippen LogP contribution in [0.2, 0.25) is 5.02 Å². The van der Waals surface area contributed by atoms with E-state index in [0.29, 0.717) is 11.3 Å². The molecule has 2 rings (SSSR count). The molecule has 0 saturated carbocycles. The molecule has 0 bridgehead atoms. The molecule has 28 heavy (non-hydrogen) atoms. The van der Waals surface area contributed by atoms with E-state index in [1.165, 1.54) is 4.90 Å². The molecule has 0 aromatic heterocycles. The number of carbonyl (C=O) groups excluding carboxylic acids is 1. The van der Waals surface area contributed by atoms with Gasteiger partial charge in [0.1, 0.15) is 5.70 Å². The zero-order chi connectivity index (χ0) is 21.2. The second-order valence-electron chi connectivity index (χ2n) is 6.70. The Morgan fingerprint density at radius 1 is 1.14 bits per heavy atom. The largest absolute Gasteiger partial charge is 0.478 e. The third-order valence-electron chi connectivity index (χ3n) is 4.53. The number of rotatable bonds is 6. The third kappa shape index (κ3) is 3.89. The summed E-state index contributed by atoms with van der Waals surface area (Å²) < 4.78 is 0. The van der Waals surface area contributed by atoms with E-state index in [-0.39, 0.29) is 34.5 Å². The Labute approximate surface area is 168 Å². The maximum atomic E-state index is 13.0. The molecule has 150 valence electrons. The van der Waals surface area contributed by atoms with Crippen LogP contribution < -0.4 is 5.32 Å². The van der Waals surface area contributed by atoms with Crippen LogP contribution in [-0.2, 0) is 14.4 Å². The van der Waals surface area contributed by atoms with E-state index in [2.05, 4.69) is 5.32 Å². The Morgan fingerprint density at radius 3 is 2.21 bits per heavy atom. The van der Waals surface area contributed by atoms with Gasteiger partial charge in [0, 0.05) is 28.9 Å². The molecule has 1 aliphatic heterocycles. The lowest BCUT2D eigenvalue weighted by Gasteiger charge is -2.37. The van der Waals surface area contributed by atoms with Gasteiger partial charge in [0.05, 0.1) is 11.5 Å². The van der Waals surface area contributed by atoms with E-state index >= 15 is 0 Å². The van der Waals surface area contributed by atoms with Gasteiger partial charge in [-0.3, -0.25) is 4.79 Å². The molecule has 7 nitrogen and oxygen atoms in total. The van der Waals surface area contributed by atoms with Crippen molar-refractivity contribution < 1.29 is 24.6 Å². The monoisotopic (exact) mass is 406 g/mol. The summed E-state index contributed by atoms with van der Waals surface area (Å²) in [5.41, 5.74) is 0.170. The Morgan fingerprint density at radius 2 is 1.75 bits per heavy atom. The molecular weight excluding hydrogens is 384 g/mol. The molecule has 1 aromatic carbocycles. The van der Waals surface area contributed by atoms with Crippen molar-refractivity contribution >= 4 is 29.4 Å². The molecular formula is C20H23ClN2O5. The summed E-state index contributed by atoms with van der Waals surface area (Å²) in [6.07, 6.45) is 0. The molecule has 8 heteroatoms. The molecule has 0 spiro atoms. The van der Waals surface area contributed by atoms with Gasteiger partial charge in [0.2, 0.25) is 5.91 Å². The fraction of sp³-hybridized carbons (Fsp3) is 0.350. The predicted octanol–water partition coefficient (Wildman–Crippen LogP) is 2.98. The van der Waals surface area contributed by atoms with Crippen molar-refractivity contribution in [1.82, 2.24) is 10.2 Å². The Bertz CT molecular complexity index is 888. The van der Waals surface area contributed by atoms with Crippen LogP contribution in [0.1, 0.15) is 39.2 Å². The number of allylic oxidation sites excluding steroid dienone is 1. The normalized spacial score (nSPS) is 17.2. The SMILES string of the molecule is CCN1C(C)=C(C(=O)NC(C)C)C(c2ccccc2Cl)C(C(=O)O)=C1C(=O)O. The van der Waals surface area contributed by atoms with Gasteiger partial charge in [-0.1, -0.05) is 29.8 Å². The Balaban J connectivity index is 2.89. The van der Waals surface area contributed by atoms with E-state index in [1.54, 1.807) is 52.0 Å². The summed E-state index contributed by atoms with van der Waals surface area (Å²) in [5, 5.41) is 22.7. The second kappa shape index (κ2) is 8.48. The first-order valence-electron chi connectivity index (χ1n) is 8.86. The zero-order valence-electron chi connectivity index (χ0n) is 16.1. The van der Waals surface area contributed by atoms with Crippen molar-refractivity contribution in [1.29, 1.82) is 0 Å². The highest BCUT2D eigenvalue weighted by molar-refractivity contribution is 6.31. The van der Waals surface area contributed by atoms with Crippen LogP contribution in [0.4, 0.5) is 0 Å². The van der Waals surface area contributed by atoms with E-state index in [9.17, 15) is 24.6 Å². The molecule has 1 amide bonds. The molecule has 1 unspecified atom stereocenters. The van der Waals surface area contributed by atoms with Gasteiger partial charge < -0.3 is 20.4 Å². The number of benzene rings is 1. The smallest absolute Gasteiger partial charge is 0.353 e. The lowest BCUT2D eigenvalue weighted by Crippen LogP contribution is -2.42. The molecule has 1 aliphatic rings. The molecule has 0 saturated heterocycles. The highest BCUT2D eigenvalue weighted by atomic mass is 35.5. The second-order valence-corrected chi connectivity index (χ2v) is 7.11. The van der Waals surface area contributed by atoms with Crippen LogP contribution >= 0.6 is 11.6 Å². The average molecular weight is 407 g/mol. The summed E-state index contributed by atoms with van der Waals surface area (Å²) in [6, 6.07) is 6.34. The number of likely N-dealkylation sites (N-methyl/N-ethyl adjacent to an activating group) is 1. The van der Waals surface area contributed by atoms with E-state index < -0.39 is 23.8 Å². The topological polar surface area (TPSA) is 107 Å². The molecule has 1 aromatic rings. The standard InChI is InChI=1S/C20H23ClN2O5/c1-5-23-11(4)14(18(24)22-10(2)3)15(12-8-6-7-9-13(12)21)16(19(25)26)17(23)20(27)28/h6-10,15H,5H2,1-4H3,(H,22,24)(H,25,26)(H,27,28). The summed E-state index contributed by atoms with van der Waals surface area (Å²) in [4.78, 5) is 38.5. The molecule has 1 atom stereocenters. The molecule has 1 heterocycles. The maximum absolute atomic E-state index is 13.0. The molecule has 3 N–H and O–H groups in total. The quantitative estimate of drug-likeness (QED) is 0.670. The van der Waals surface area contributed by atoms with E-state index in [0.717, 1.165) is 0 Å². The van der Waals surface area contributed by atoms with Crippen molar-refractivity contribution in [3.8, 4) is 0 Å². The fourth-order valence-corrected chi connectivity index (χ4v) is 3.70. The summed E-state index contributed by atoms with van der Waals surface area (Å²) in [5.74, 6) is -4.36. The summed E-state index contributed by atoms with van der Waals surface area (Å²) in [7, 11) is 0. The van der Waals surface area contributed by atoms with E-state index in [4.69, 9.17) is 11.6 Å². The van der Waals surface area contributed by atoms with Gasteiger partial charge >= 0.3 is 11.9 Å². The van der Waals surface area contributed by atoms with Gasteiger partial charge in [-0.15, -0.1) is 0 Å². The zero-order valence-corrected chi connectivity index (χ0v) is 16.9. The fourth-order valence-electron chi connectivity index (χ4n) is 3.45. The predicted molar refractivity (Wildman–Crippen MR) is 105 cm³/mol. The van der Waals surface area contributed by atoms with Crippen LogP contribution in [0.15, 0.2) is 46.8 Å². The van der Waals surface area contributed by atoms with Crippen LogP contribution in [0.25, 0.3) is 0 Å². The molecule has 0 fully saturated rings. The highest BCUT2D eigenvalue weighted by Crippen LogP contribution is 2.44. The number of carbonyl (C=O) groups is 3. The van der Waals surface area contributed by atoms with Gasteiger partial charge in [0.15, 0.2) is 0 Å². The molecule has 0 aliphatic carbocycles. The number of carboxylic acids is 2. The number of hydrogen-bond acceptors (Lipinski definition) is 4. The van der Waals surface area contributed by atoms with Crippen molar-refractivity contribution in [3.63, 3.8) is 0 Å². The van der Waals surface area contributed by atoms with E-state index in [1.807, 2.05) is 0 Å². The van der Waals surface area contributed by atoms with Crippen LogP contribution in [-0.4, -0.2) is 45.5 Å². The lowest BCUT2D eigenvalue weighted by atomic mass is 9.79. The minimum atomic E-state index is -1.41. The van der Waals surface area contributed by atoms with Gasteiger partial charge in [0.25, 0.3) is 0 Å². The van der Waals surface area contributed by atoms with Crippen LogP contribution in [0.3, 0.4) is 0 Å². The third-order valence-corrected chi connectivity index (χ3v) is 4.87. The Hall–Kier alpha value is -2.80. The van der Waals surface area contributed by atoms with Crippen LogP contribution in [0, 0.1) is 0 Å². The van der Waals surface area contributed by atoms with Crippen molar-refractivity contribution in [3.05, 3.63) is 57.4 Å². The van der Waals surface area contributed by atoms with Gasteiger partial charge in [-0.05, 0) is 39.3 Å². The first-order valence-corrected chi connectivity index (χ1v) is 9.23. The lowest BCUT2D eigenvalue weighted by molar-refractivity contribution is -0.137. The minimum absolute atomic E-state index is 0.172. The number of hydrogen-bond donors (Lipinski definition) is 3. The first kappa shape index (κ1) is 21.5. The Kier molecular flexibility index (Phi) is 6.51. The average Bonchev–Trinajstić information content (AvgIpc) is 2.59. The number of amides is 1. The maximum Gasteiger partial charge on any atom is 0.353 e. The van der Waals surface area contributed by atoms with Crippen molar-refractivity contribution in [2.24, 2.45) is 0 Å². The highest BCUT2D eigenvalue weighted by Gasteiger charge is 2.43. The van der Waals surface area contributed by atoms with Gasteiger partial charge in [-0.2, -0.15) is 0 Å². The summed E-state index contributed by atoms with van der Waals surface area (Å²) in [6.45, 7) is 7.08. The summed E-state index contributed by atoms with van der Waals surface area (Å²) >= 11 is 6.32. The van der Waals surface area contributed by atoms with Crippen molar-refractivity contribution in [2.75, 3.05) is 6.54 Å². The van der Waals surface area contributed by atoms with Crippen molar-refractivity contribution in [2.45, 2.75) is 39.7 Å². The van der Waals surface area contributed by atoms with Gasteiger partial charge in [-0.25, -0.2) is 9.59 Å². The number of nitrogens with one attached hydrogen (secondary N) is 1. The first-order chi connectivity index (χ1) is 13.1. The number of nitrogens with zero attached hydrogens (tertiary/aromatic N) is 1. The van der Waals surface area contributed by atoms with Crippen LogP contribution in [0.5, 0.6) is 0 Å².